The molecular weight excluding hydrogens is 230 g/mol. The summed E-state index contributed by atoms with van der Waals surface area (Å²) < 4.78 is 11.4. The van der Waals surface area contributed by atoms with Crippen LogP contribution in [0, 0.1) is 0 Å². The Bertz CT molecular complexity index is 277. The molecule has 0 aromatic rings. The van der Waals surface area contributed by atoms with E-state index in [1.807, 2.05) is 11.9 Å². The van der Waals surface area contributed by atoms with E-state index in [9.17, 15) is 4.79 Å². The fourth-order valence-corrected chi connectivity index (χ4v) is 2.92. The van der Waals surface area contributed by atoms with Crippen molar-refractivity contribution in [2.45, 2.75) is 63.7 Å². The molecule has 0 N–H and O–H groups in total. The minimum absolute atomic E-state index is 0.283. The van der Waals surface area contributed by atoms with Gasteiger partial charge in [-0.05, 0) is 19.3 Å². The van der Waals surface area contributed by atoms with Crippen molar-refractivity contribution in [2.75, 3.05) is 20.3 Å². The Hall–Kier alpha value is -0.610. The predicted octanol–water partition coefficient (Wildman–Crippen LogP) is 2.32. The van der Waals surface area contributed by atoms with E-state index < -0.39 is 0 Å². The summed E-state index contributed by atoms with van der Waals surface area (Å²) in [4.78, 5) is 13.9. The van der Waals surface area contributed by atoms with E-state index >= 15 is 0 Å². The molecule has 0 bridgehead atoms. The lowest BCUT2D eigenvalue weighted by atomic mass is 9.89. The molecular formula is C14H25NO3. The number of unbranched alkanes of at least 4 members (excludes halogenated alkanes) is 1. The lowest BCUT2D eigenvalue weighted by Crippen LogP contribution is -2.44. The average Bonchev–Trinajstić information content (AvgIpc) is 2.84. The number of nitrogens with zero attached hydrogens (tertiary/aromatic N) is 1. The highest BCUT2D eigenvalue weighted by molar-refractivity contribution is 5.76. The third-order valence-corrected chi connectivity index (χ3v) is 4.22. The zero-order chi connectivity index (χ0) is 13.0. The zero-order valence-corrected chi connectivity index (χ0v) is 11.6. The van der Waals surface area contributed by atoms with E-state index in [-0.39, 0.29) is 11.7 Å². The van der Waals surface area contributed by atoms with Crippen LogP contribution in [-0.4, -0.2) is 42.9 Å². The topological polar surface area (TPSA) is 38.8 Å². The molecule has 0 radical (unpaired) electrons. The third-order valence-electron chi connectivity index (χ3n) is 4.22. The molecule has 2 fully saturated rings. The number of hydrogen-bond acceptors (Lipinski definition) is 3. The lowest BCUT2D eigenvalue weighted by Gasteiger charge is -2.39. The van der Waals surface area contributed by atoms with Gasteiger partial charge in [-0.15, -0.1) is 0 Å². The standard InChI is InChI=1S/C14H25NO3/c1-3-4-5-13(16)15(2)12-6-8-14(9-7-12)17-10-11-18-14/h12H,3-11H2,1-2H3. The van der Waals surface area contributed by atoms with E-state index in [0.717, 1.165) is 51.7 Å². The maximum atomic E-state index is 12.0. The molecule has 4 heteroatoms. The van der Waals surface area contributed by atoms with E-state index in [1.54, 1.807) is 0 Å². The van der Waals surface area contributed by atoms with Crippen LogP contribution in [-0.2, 0) is 14.3 Å². The molecule has 1 amide bonds. The van der Waals surface area contributed by atoms with Crippen LogP contribution >= 0.6 is 0 Å². The molecule has 1 saturated heterocycles. The Labute approximate surface area is 110 Å². The van der Waals surface area contributed by atoms with Gasteiger partial charge in [0.2, 0.25) is 5.91 Å². The van der Waals surface area contributed by atoms with Crippen molar-refractivity contribution < 1.29 is 14.3 Å². The molecule has 104 valence electrons. The van der Waals surface area contributed by atoms with Crippen LogP contribution < -0.4 is 0 Å². The van der Waals surface area contributed by atoms with E-state index in [4.69, 9.17) is 9.47 Å². The van der Waals surface area contributed by atoms with Gasteiger partial charge in [-0.25, -0.2) is 0 Å². The number of carbonyl (C=O) groups excluding carboxylic acids is 1. The van der Waals surface area contributed by atoms with Crippen LogP contribution in [0.15, 0.2) is 0 Å². The molecule has 1 saturated carbocycles. The van der Waals surface area contributed by atoms with E-state index in [0.29, 0.717) is 12.5 Å². The van der Waals surface area contributed by atoms with Crippen LogP contribution in [0.2, 0.25) is 0 Å². The second-order valence-electron chi connectivity index (χ2n) is 5.45. The molecule has 2 rings (SSSR count). The molecule has 1 spiro atoms. The normalized spacial score (nSPS) is 23.4. The average molecular weight is 255 g/mol. The van der Waals surface area contributed by atoms with Crippen molar-refractivity contribution in [1.29, 1.82) is 0 Å². The fraction of sp³-hybridized carbons (Fsp3) is 0.929. The zero-order valence-electron chi connectivity index (χ0n) is 11.6. The Morgan fingerprint density at radius 2 is 1.89 bits per heavy atom. The van der Waals surface area contributed by atoms with Gasteiger partial charge in [0.05, 0.1) is 13.2 Å². The van der Waals surface area contributed by atoms with Gasteiger partial charge in [0.25, 0.3) is 0 Å². The first-order valence-corrected chi connectivity index (χ1v) is 7.20. The highest BCUT2D eigenvalue weighted by Gasteiger charge is 2.41. The highest BCUT2D eigenvalue weighted by Crippen LogP contribution is 2.37. The molecule has 0 aromatic heterocycles. The van der Waals surface area contributed by atoms with Gasteiger partial charge in [0.1, 0.15) is 0 Å². The Morgan fingerprint density at radius 1 is 1.28 bits per heavy atom. The van der Waals surface area contributed by atoms with E-state index in [1.165, 1.54) is 0 Å². The molecule has 0 unspecified atom stereocenters. The summed E-state index contributed by atoms with van der Waals surface area (Å²) in [5.74, 6) is -0.0323. The number of hydrogen-bond donors (Lipinski definition) is 0. The van der Waals surface area contributed by atoms with Gasteiger partial charge < -0.3 is 14.4 Å². The van der Waals surface area contributed by atoms with Crippen molar-refractivity contribution in [2.24, 2.45) is 0 Å². The third kappa shape index (κ3) is 3.04. The minimum atomic E-state index is -0.316. The van der Waals surface area contributed by atoms with Gasteiger partial charge in [-0.2, -0.15) is 0 Å². The molecule has 4 nitrogen and oxygen atoms in total. The molecule has 0 aromatic carbocycles. The summed E-state index contributed by atoms with van der Waals surface area (Å²) in [5, 5.41) is 0. The van der Waals surface area contributed by atoms with Crippen molar-refractivity contribution in [3.05, 3.63) is 0 Å². The van der Waals surface area contributed by atoms with Gasteiger partial charge in [-0.1, -0.05) is 13.3 Å². The number of ether oxygens (including phenoxy) is 2. The molecule has 2 aliphatic rings. The lowest BCUT2D eigenvalue weighted by molar-refractivity contribution is -0.184. The van der Waals surface area contributed by atoms with Crippen LogP contribution in [0.4, 0.5) is 0 Å². The first-order chi connectivity index (χ1) is 8.67. The van der Waals surface area contributed by atoms with Crippen molar-refractivity contribution in [3.63, 3.8) is 0 Å². The quantitative estimate of drug-likeness (QED) is 0.774. The summed E-state index contributed by atoms with van der Waals surface area (Å²) in [6, 6.07) is 0.368. The SMILES string of the molecule is CCCCC(=O)N(C)C1CCC2(CC1)OCCO2. The smallest absolute Gasteiger partial charge is 0.222 e. The molecule has 1 aliphatic carbocycles. The van der Waals surface area contributed by atoms with Crippen LogP contribution in [0.5, 0.6) is 0 Å². The molecule has 1 heterocycles. The maximum Gasteiger partial charge on any atom is 0.222 e. The number of amides is 1. The minimum Gasteiger partial charge on any atom is -0.348 e. The van der Waals surface area contributed by atoms with E-state index in [2.05, 4.69) is 6.92 Å². The highest BCUT2D eigenvalue weighted by atomic mass is 16.7. The van der Waals surface area contributed by atoms with Gasteiger partial charge >= 0.3 is 0 Å². The first kappa shape index (κ1) is 13.8. The summed E-state index contributed by atoms with van der Waals surface area (Å²) in [5.41, 5.74) is 0. The Morgan fingerprint density at radius 3 is 2.44 bits per heavy atom. The second kappa shape index (κ2) is 6.02. The largest absolute Gasteiger partial charge is 0.348 e. The van der Waals surface area contributed by atoms with Crippen LogP contribution in [0.25, 0.3) is 0 Å². The molecule has 0 atom stereocenters. The van der Waals surface area contributed by atoms with Gasteiger partial charge in [0, 0.05) is 32.4 Å². The van der Waals surface area contributed by atoms with Crippen molar-refractivity contribution >= 4 is 5.91 Å². The summed E-state index contributed by atoms with van der Waals surface area (Å²) in [7, 11) is 1.94. The van der Waals surface area contributed by atoms with Crippen molar-refractivity contribution in [1.82, 2.24) is 4.90 Å². The Balaban J connectivity index is 1.79. The maximum absolute atomic E-state index is 12.0. The van der Waals surface area contributed by atoms with Gasteiger partial charge in [-0.3, -0.25) is 4.79 Å². The Kier molecular flexibility index (Phi) is 4.62. The van der Waals surface area contributed by atoms with Crippen LogP contribution in [0.3, 0.4) is 0 Å². The fourth-order valence-electron chi connectivity index (χ4n) is 2.92. The predicted molar refractivity (Wildman–Crippen MR) is 69.2 cm³/mol. The summed E-state index contributed by atoms with van der Waals surface area (Å²) in [6.45, 7) is 3.55. The first-order valence-electron chi connectivity index (χ1n) is 7.20. The van der Waals surface area contributed by atoms with Crippen molar-refractivity contribution in [3.8, 4) is 0 Å². The van der Waals surface area contributed by atoms with Crippen LogP contribution in [0.1, 0.15) is 51.9 Å². The van der Waals surface area contributed by atoms with Gasteiger partial charge in [0.15, 0.2) is 5.79 Å². The second-order valence-corrected chi connectivity index (χ2v) is 5.45. The number of rotatable bonds is 4. The summed E-state index contributed by atoms with van der Waals surface area (Å²) >= 11 is 0. The number of carbonyl (C=O) groups is 1. The summed E-state index contributed by atoms with van der Waals surface area (Å²) in [6.07, 6.45) is 6.58. The monoisotopic (exact) mass is 255 g/mol. The molecule has 1 aliphatic heterocycles. The molecule has 18 heavy (non-hydrogen) atoms.